The summed E-state index contributed by atoms with van der Waals surface area (Å²) in [6.45, 7) is 0.190. The van der Waals surface area contributed by atoms with Crippen molar-refractivity contribution >= 4 is 12.1 Å². The highest BCUT2D eigenvalue weighted by atomic mass is 16.5. The minimum absolute atomic E-state index is 0.190. The van der Waals surface area contributed by atoms with Crippen molar-refractivity contribution in [1.82, 2.24) is 4.90 Å². The molecule has 0 unspecified atom stereocenters. The predicted octanol–water partition coefficient (Wildman–Crippen LogP) is -0.761. The van der Waals surface area contributed by atoms with Crippen molar-refractivity contribution in [3.63, 3.8) is 0 Å². The first kappa shape index (κ1) is 9.79. The summed E-state index contributed by atoms with van der Waals surface area (Å²) in [7, 11) is 1.23. The summed E-state index contributed by atoms with van der Waals surface area (Å²) in [4.78, 5) is 22.7. The van der Waals surface area contributed by atoms with Crippen LogP contribution in [0.5, 0.6) is 0 Å². The zero-order valence-corrected chi connectivity index (χ0v) is 7.27. The Balaban J connectivity index is 2.71. The van der Waals surface area contributed by atoms with Gasteiger partial charge in [-0.15, -0.1) is 0 Å². The number of carbonyl (C=O) groups is 2. The van der Waals surface area contributed by atoms with Crippen molar-refractivity contribution in [2.24, 2.45) is 5.73 Å². The molecule has 74 valence electrons. The molecule has 0 aromatic heterocycles. The SMILES string of the molecule is COC(=O)[C@H]1C[C@@H](N)CN1C(=O)O. The van der Waals surface area contributed by atoms with Crippen molar-refractivity contribution in [3.8, 4) is 0 Å². The lowest BCUT2D eigenvalue weighted by atomic mass is 10.2. The zero-order valence-electron chi connectivity index (χ0n) is 7.27. The van der Waals surface area contributed by atoms with Gasteiger partial charge >= 0.3 is 12.1 Å². The van der Waals surface area contributed by atoms with Gasteiger partial charge in [0.2, 0.25) is 0 Å². The third-order valence-corrected chi connectivity index (χ3v) is 2.05. The molecule has 1 aliphatic heterocycles. The third-order valence-electron chi connectivity index (χ3n) is 2.05. The molecule has 0 bridgehead atoms. The van der Waals surface area contributed by atoms with Crippen LogP contribution < -0.4 is 5.73 Å². The number of carboxylic acid groups (broad SMARTS) is 1. The smallest absolute Gasteiger partial charge is 0.408 e. The Morgan fingerprint density at radius 1 is 1.62 bits per heavy atom. The van der Waals surface area contributed by atoms with E-state index in [9.17, 15) is 9.59 Å². The first-order chi connectivity index (χ1) is 6.06. The van der Waals surface area contributed by atoms with Crippen LogP contribution in [0.15, 0.2) is 0 Å². The summed E-state index contributed by atoms with van der Waals surface area (Å²) in [5.74, 6) is -0.546. The molecule has 1 fully saturated rings. The van der Waals surface area contributed by atoms with Gasteiger partial charge in [-0.3, -0.25) is 4.90 Å². The molecule has 0 aliphatic carbocycles. The molecule has 0 aromatic rings. The fourth-order valence-electron chi connectivity index (χ4n) is 1.44. The van der Waals surface area contributed by atoms with E-state index in [4.69, 9.17) is 10.8 Å². The highest BCUT2D eigenvalue weighted by molar-refractivity contribution is 5.81. The Hall–Kier alpha value is -1.30. The van der Waals surface area contributed by atoms with Gasteiger partial charge in [-0.1, -0.05) is 0 Å². The molecule has 1 rings (SSSR count). The van der Waals surface area contributed by atoms with Crippen molar-refractivity contribution < 1.29 is 19.4 Å². The van der Waals surface area contributed by atoms with Crippen LogP contribution in [0.25, 0.3) is 0 Å². The molecule has 0 radical (unpaired) electrons. The maximum absolute atomic E-state index is 11.1. The van der Waals surface area contributed by atoms with E-state index in [2.05, 4.69) is 4.74 Å². The maximum Gasteiger partial charge on any atom is 0.408 e. The van der Waals surface area contributed by atoms with Crippen LogP contribution in [0.1, 0.15) is 6.42 Å². The van der Waals surface area contributed by atoms with Crippen LogP contribution in [0.2, 0.25) is 0 Å². The molecule has 1 heterocycles. The summed E-state index contributed by atoms with van der Waals surface area (Å²) in [5.41, 5.74) is 5.53. The molecule has 0 spiro atoms. The fraction of sp³-hybridized carbons (Fsp3) is 0.714. The number of ether oxygens (including phenoxy) is 1. The van der Waals surface area contributed by atoms with Gasteiger partial charge in [0.1, 0.15) is 6.04 Å². The topological polar surface area (TPSA) is 92.9 Å². The number of amides is 1. The maximum atomic E-state index is 11.1. The van der Waals surface area contributed by atoms with Gasteiger partial charge in [0, 0.05) is 12.6 Å². The molecule has 1 amide bonds. The Labute approximate surface area is 75.3 Å². The van der Waals surface area contributed by atoms with E-state index in [0.717, 1.165) is 4.90 Å². The third kappa shape index (κ3) is 1.89. The Bertz CT molecular complexity index is 231. The molecule has 0 saturated carbocycles. The van der Waals surface area contributed by atoms with Gasteiger partial charge in [-0.05, 0) is 6.42 Å². The van der Waals surface area contributed by atoms with E-state index in [1.807, 2.05) is 0 Å². The number of hydrogen-bond donors (Lipinski definition) is 2. The second kappa shape index (κ2) is 3.61. The first-order valence-corrected chi connectivity index (χ1v) is 3.89. The van der Waals surface area contributed by atoms with Crippen LogP contribution >= 0.6 is 0 Å². The molecule has 6 nitrogen and oxygen atoms in total. The number of nitrogens with two attached hydrogens (primary N) is 1. The van der Waals surface area contributed by atoms with Gasteiger partial charge in [-0.2, -0.15) is 0 Å². The van der Waals surface area contributed by atoms with Crippen LogP contribution in [0.3, 0.4) is 0 Å². The molecule has 3 N–H and O–H groups in total. The van der Waals surface area contributed by atoms with Gasteiger partial charge in [0.25, 0.3) is 0 Å². The van der Waals surface area contributed by atoms with E-state index >= 15 is 0 Å². The van der Waals surface area contributed by atoms with Gasteiger partial charge in [0.05, 0.1) is 7.11 Å². The minimum Gasteiger partial charge on any atom is -0.467 e. The standard InChI is InChI=1S/C7H12N2O4/c1-13-6(10)5-2-4(8)3-9(5)7(11)12/h4-5H,2-3,8H2,1H3,(H,11,12)/t4-,5-/m1/s1. The van der Waals surface area contributed by atoms with Gasteiger partial charge < -0.3 is 15.6 Å². The van der Waals surface area contributed by atoms with Crippen LogP contribution in [0.4, 0.5) is 4.79 Å². The van der Waals surface area contributed by atoms with Crippen molar-refractivity contribution in [2.45, 2.75) is 18.5 Å². The predicted molar refractivity (Wildman–Crippen MR) is 43.1 cm³/mol. The molecule has 2 atom stereocenters. The van der Waals surface area contributed by atoms with Crippen molar-refractivity contribution in [2.75, 3.05) is 13.7 Å². The fourth-order valence-corrected chi connectivity index (χ4v) is 1.44. The van der Waals surface area contributed by atoms with E-state index in [-0.39, 0.29) is 12.6 Å². The van der Waals surface area contributed by atoms with Gasteiger partial charge in [0.15, 0.2) is 0 Å². The molecular formula is C7H12N2O4. The number of methoxy groups -OCH3 is 1. The van der Waals surface area contributed by atoms with E-state index < -0.39 is 18.1 Å². The number of likely N-dealkylation sites (tertiary alicyclic amines) is 1. The summed E-state index contributed by atoms with van der Waals surface area (Å²) < 4.78 is 4.46. The van der Waals surface area contributed by atoms with E-state index in [1.165, 1.54) is 7.11 Å². The van der Waals surface area contributed by atoms with Crippen LogP contribution in [-0.2, 0) is 9.53 Å². The van der Waals surface area contributed by atoms with Gasteiger partial charge in [-0.25, -0.2) is 9.59 Å². The largest absolute Gasteiger partial charge is 0.467 e. The number of hydrogen-bond acceptors (Lipinski definition) is 4. The monoisotopic (exact) mass is 188 g/mol. The Kier molecular flexibility index (Phi) is 2.72. The number of esters is 1. The molecular weight excluding hydrogens is 176 g/mol. The summed E-state index contributed by atoms with van der Waals surface area (Å²) in [5, 5.41) is 8.71. The quantitative estimate of drug-likeness (QED) is 0.527. The van der Waals surface area contributed by atoms with Crippen LogP contribution in [0, 0.1) is 0 Å². The minimum atomic E-state index is -1.14. The lowest BCUT2D eigenvalue weighted by Crippen LogP contribution is -2.40. The summed E-state index contributed by atoms with van der Waals surface area (Å²) >= 11 is 0. The molecule has 0 aromatic carbocycles. The van der Waals surface area contributed by atoms with E-state index in [1.54, 1.807) is 0 Å². The summed E-state index contributed by atoms with van der Waals surface area (Å²) in [6, 6.07) is -1.02. The molecule has 13 heavy (non-hydrogen) atoms. The van der Waals surface area contributed by atoms with E-state index in [0.29, 0.717) is 6.42 Å². The lowest BCUT2D eigenvalue weighted by molar-refractivity contribution is -0.145. The van der Waals surface area contributed by atoms with Crippen molar-refractivity contribution in [1.29, 1.82) is 0 Å². The molecule has 1 saturated heterocycles. The Morgan fingerprint density at radius 2 is 2.23 bits per heavy atom. The second-order valence-electron chi connectivity index (χ2n) is 2.97. The zero-order chi connectivity index (χ0) is 10.0. The number of nitrogens with zero attached hydrogens (tertiary/aromatic N) is 1. The average Bonchev–Trinajstić information content (AvgIpc) is 2.46. The first-order valence-electron chi connectivity index (χ1n) is 3.89. The highest BCUT2D eigenvalue weighted by Gasteiger charge is 2.38. The van der Waals surface area contributed by atoms with Crippen LogP contribution in [-0.4, -0.2) is 47.8 Å². The lowest BCUT2D eigenvalue weighted by Gasteiger charge is -2.18. The number of rotatable bonds is 1. The van der Waals surface area contributed by atoms with Crippen molar-refractivity contribution in [3.05, 3.63) is 0 Å². The Morgan fingerprint density at radius 3 is 2.69 bits per heavy atom. The second-order valence-corrected chi connectivity index (χ2v) is 2.97. The molecule has 1 aliphatic rings. The average molecular weight is 188 g/mol. The number of carbonyl (C=O) groups excluding carboxylic acids is 1. The molecule has 6 heteroatoms. The normalized spacial score (nSPS) is 27.4. The highest BCUT2D eigenvalue weighted by Crippen LogP contribution is 2.17. The summed E-state index contributed by atoms with van der Waals surface area (Å²) in [6.07, 6.45) is -0.803.